The lowest BCUT2D eigenvalue weighted by Crippen LogP contribution is -2.24. The minimum absolute atomic E-state index is 0.0160. The molecule has 7 nitrogen and oxygen atoms in total. The fourth-order valence-electron chi connectivity index (χ4n) is 2.23. The number of carbonyl (C=O) groups is 1. The maximum Gasteiger partial charge on any atom is 0.269 e. The van der Waals surface area contributed by atoms with E-state index in [4.69, 9.17) is 0 Å². The number of nitro benzene ring substituents is 1. The summed E-state index contributed by atoms with van der Waals surface area (Å²) in [5, 5.41) is 13.4. The van der Waals surface area contributed by atoms with Crippen molar-refractivity contribution in [2.45, 2.75) is 17.9 Å². The molecular formula is C18H18N2O5S. The van der Waals surface area contributed by atoms with Gasteiger partial charge in [0, 0.05) is 24.5 Å². The Kier molecular flexibility index (Phi) is 5.89. The van der Waals surface area contributed by atoms with Crippen molar-refractivity contribution in [2.75, 3.05) is 6.26 Å². The Labute approximate surface area is 151 Å². The van der Waals surface area contributed by atoms with Crippen LogP contribution in [-0.4, -0.2) is 25.5 Å². The highest BCUT2D eigenvalue weighted by Crippen LogP contribution is 2.16. The second-order valence-corrected chi connectivity index (χ2v) is 7.77. The highest BCUT2D eigenvalue weighted by molar-refractivity contribution is 7.90. The predicted molar refractivity (Wildman–Crippen MR) is 98.2 cm³/mol. The van der Waals surface area contributed by atoms with Gasteiger partial charge in [0.05, 0.1) is 15.9 Å². The first kappa shape index (κ1) is 19.3. The van der Waals surface area contributed by atoms with Crippen molar-refractivity contribution in [3.05, 3.63) is 75.8 Å². The van der Waals surface area contributed by atoms with Gasteiger partial charge < -0.3 is 5.32 Å². The van der Waals surface area contributed by atoms with Gasteiger partial charge in [-0.15, -0.1) is 0 Å². The van der Waals surface area contributed by atoms with E-state index in [2.05, 4.69) is 5.32 Å². The lowest BCUT2D eigenvalue weighted by Gasteiger charge is -2.13. The minimum Gasteiger partial charge on any atom is -0.346 e. The molecule has 26 heavy (non-hydrogen) atoms. The Balaban J connectivity index is 1.99. The molecule has 0 aliphatic rings. The summed E-state index contributed by atoms with van der Waals surface area (Å²) in [6.07, 6.45) is 4.03. The van der Waals surface area contributed by atoms with Gasteiger partial charge >= 0.3 is 0 Å². The molecule has 2 aromatic rings. The SMILES string of the molecule is CC(NC(=O)/C=C/c1ccc([N+](=O)[O-])cc1)c1ccc(S(C)(=O)=O)cc1. The van der Waals surface area contributed by atoms with Crippen LogP contribution in [0.2, 0.25) is 0 Å². The number of nitrogens with one attached hydrogen (secondary N) is 1. The Morgan fingerprint density at radius 1 is 1.12 bits per heavy atom. The first-order valence-electron chi connectivity index (χ1n) is 7.70. The monoisotopic (exact) mass is 374 g/mol. The normalized spacial score (nSPS) is 12.7. The van der Waals surface area contributed by atoms with Gasteiger partial charge in [0.15, 0.2) is 9.84 Å². The van der Waals surface area contributed by atoms with Crippen molar-refractivity contribution >= 4 is 27.5 Å². The molecule has 0 saturated heterocycles. The van der Waals surface area contributed by atoms with E-state index in [1.54, 1.807) is 37.3 Å². The number of hydrogen-bond donors (Lipinski definition) is 1. The highest BCUT2D eigenvalue weighted by atomic mass is 32.2. The summed E-state index contributed by atoms with van der Waals surface area (Å²) in [4.78, 5) is 22.3. The molecule has 0 bridgehead atoms. The first-order valence-corrected chi connectivity index (χ1v) is 9.59. The molecule has 1 N–H and O–H groups in total. The third-order valence-electron chi connectivity index (χ3n) is 3.70. The zero-order valence-corrected chi connectivity index (χ0v) is 15.1. The number of amides is 1. The van der Waals surface area contributed by atoms with Crippen molar-refractivity contribution in [1.29, 1.82) is 0 Å². The van der Waals surface area contributed by atoms with Crippen LogP contribution in [0.3, 0.4) is 0 Å². The van der Waals surface area contributed by atoms with Gasteiger partial charge in [0.25, 0.3) is 5.69 Å². The molecule has 2 rings (SSSR count). The third-order valence-corrected chi connectivity index (χ3v) is 4.83. The number of hydrogen-bond acceptors (Lipinski definition) is 5. The van der Waals surface area contributed by atoms with Crippen molar-refractivity contribution in [1.82, 2.24) is 5.32 Å². The van der Waals surface area contributed by atoms with E-state index in [0.29, 0.717) is 5.56 Å². The van der Waals surface area contributed by atoms with Crippen LogP contribution in [0.1, 0.15) is 24.1 Å². The minimum atomic E-state index is -3.26. The van der Waals surface area contributed by atoms with Crippen LogP contribution in [0.4, 0.5) is 5.69 Å². The average molecular weight is 374 g/mol. The van der Waals surface area contributed by atoms with E-state index in [0.717, 1.165) is 11.8 Å². The van der Waals surface area contributed by atoms with Crippen LogP contribution in [-0.2, 0) is 14.6 Å². The maximum absolute atomic E-state index is 12.0. The summed E-state index contributed by atoms with van der Waals surface area (Å²) in [6.45, 7) is 1.78. The Hall–Kier alpha value is -3.00. The zero-order chi connectivity index (χ0) is 19.3. The number of carbonyl (C=O) groups excluding carboxylic acids is 1. The molecule has 0 fully saturated rings. The molecule has 136 valence electrons. The van der Waals surface area contributed by atoms with E-state index in [1.807, 2.05) is 0 Å². The average Bonchev–Trinajstić information content (AvgIpc) is 2.59. The number of benzene rings is 2. The second-order valence-electron chi connectivity index (χ2n) is 5.75. The van der Waals surface area contributed by atoms with Gasteiger partial charge in [-0.2, -0.15) is 0 Å². The van der Waals surface area contributed by atoms with E-state index in [9.17, 15) is 23.3 Å². The molecule has 0 heterocycles. The molecule has 1 unspecified atom stereocenters. The third kappa shape index (κ3) is 5.25. The largest absolute Gasteiger partial charge is 0.346 e. The molecule has 1 amide bonds. The number of sulfone groups is 1. The maximum atomic E-state index is 12.0. The number of non-ortho nitro benzene ring substituents is 1. The van der Waals surface area contributed by atoms with Gasteiger partial charge in [-0.25, -0.2) is 8.42 Å². The lowest BCUT2D eigenvalue weighted by molar-refractivity contribution is -0.384. The molecule has 0 aliphatic heterocycles. The topological polar surface area (TPSA) is 106 Å². The highest BCUT2D eigenvalue weighted by Gasteiger charge is 2.11. The summed E-state index contributed by atoms with van der Waals surface area (Å²) >= 11 is 0. The van der Waals surface area contributed by atoms with Crippen molar-refractivity contribution in [3.8, 4) is 0 Å². The molecule has 0 saturated carbocycles. The van der Waals surface area contributed by atoms with E-state index in [-0.39, 0.29) is 22.5 Å². The first-order chi connectivity index (χ1) is 12.2. The smallest absolute Gasteiger partial charge is 0.269 e. The Morgan fingerprint density at radius 3 is 2.19 bits per heavy atom. The van der Waals surface area contributed by atoms with Crippen molar-refractivity contribution < 1.29 is 18.1 Å². The lowest BCUT2D eigenvalue weighted by atomic mass is 10.1. The van der Waals surface area contributed by atoms with E-state index < -0.39 is 14.8 Å². The molecule has 2 aromatic carbocycles. The van der Waals surface area contributed by atoms with Gasteiger partial charge in [-0.1, -0.05) is 12.1 Å². The predicted octanol–water partition coefficient (Wildman–Crippen LogP) is 2.89. The Bertz CT molecular complexity index is 933. The van der Waals surface area contributed by atoms with Gasteiger partial charge in [-0.05, 0) is 48.4 Å². The van der Waals surface area contributed by atoms with Crippen LogP contribution in [0.15, 0.2) is 59.5 Å². The van der Waals surface area contributed by atoms with Gasteiger partial charge in [-0.3, -0.25) is 14.9 Å². The van der Waals surface area contributed by atoms with Gasteiger partial charge in [0.2, 0.25) is 5.91 Å². The molecule has 1 atom stereocenters. The number of rotatable bonds is 6. The number of nitro groups is 1. The number of nitrogens with zero attached hydrogens (tertiary/aromatic N) is 1. The second kappa shape index (κ2) is 7.92. The fourth-order valence-corrected chi connectivity index (χ4v) is 2.86. The van der Waals surface area contributed by atoms with E-state index >= 15 is 0 Å². The molecule has 8 heteroatoms. The molecule has 0 aromatic heterocycles. The van der Waals surface area contributed by atoms with Crippen LogP contribution in [0, 0.1) is 10.1 Å². The summed E-state index contributed by atoms with van der Waals surface area (Å²) in [5.74, 6) is -0.331. The summed E-state index contributed by atoms with van der Waals surface area (Å²) < 4.78 is 22.9. The van der Waals surface area contributed by atoms with Gasteiger partial charge in [0.1, 0.15) is 0 Å². The van der Waals surface area contributed by atoms with Crippen LogP contribution in [0.5, 0.6) is 0 Å². The zero-order valence-electron chi connectivity index (χ0n) is 14.2. The molecule has 0 radical (unpaired) electrons. The van der Waals surface area contributed by atoms with Crippen molar-refractivity contribution in [2.24, 2.45) is 0 Å². The van der Waals surface area contributed by atoms with Crippen molar-refractivity contribution in [3.63, 3.8) is 0 Å². The molecule has 0 aliphatic carbocycles. The summed E-state index contributed by atoms with van der Waals surface area (Å²) in [7, 11) is -3.26. The van der Waals surface area contributed by atoms with Crippen LogP contribution < -0.4 is 5.32 Å². The van der Waals surface area contributed by atoms with Crippen LogP contribution in [0.25, 0.3) is 6.08 Å². The molecule has 0 spiro atoms. The quantitative estimate of drug-likeness (QED) is 0.475. The van der Waals surface area contributed by atoms with Crippen LogP contribution >= 0.6 is 0 Å². The molecular weight excluding hydrogens is 356 g/mol. The van der Waals surface area contributed by atoms with E-state index in [1.165, 1.54) is 30.3 Å². The summed E-state index contributed by atoms with van der Waals surface area (Å²) in [6, 6.07) is 11.8. The standard InChI is InChI=1S/C18H18N2O5S/c1-13(15-6-10-17(11-7-15)26(2,24)25)19-18(21)12-5-14-3-8-16(9-4-14)20(22)23/h3-13H,1-2H3,(H,19,21)/b12-5+. The Morgan fingerprint density at radius 2 is 1.69 bits per heavy atom. The summed E-state index contributed by atoms with van der Waals surface area (Å²) in [5.41, 5.74) is 1.42. The fraction of sp³-hybridized carbons (Fsp3) is 0.167.